The van der Waals surface area contributed by atoms with Crippen molar-refractivity contribution in [2.75, 3.05) is 13.1 Å². The summed E-state index contributed by atoms with van der Waals surface area (Å²) in [5.41, 5.74) is 0. The minimum Gasteiger partial charge on any atom is -0.319 e. The van der Waals surface area contributed by atoms with Crippen LogP contribution in [0.2, 0.25) is 0 Å². The molecule has 0 spiro atoms. The Kier molecular flexibility index (Phi) is 3.21. The zero-order chi connectivity index (χ0) is 10.8. The van der Waals surface area contributed by atoms with Crippen LogP contribution in [-0.4, -0.2) is 32.8 Å². The number of hydrogen-bond acceptors (Lipinski definition) is 3. The molecule has 1 aromatic rings. The van der Waals surface area contributed by atoms with Crippen molar-refractivity contribution in [3.05, 3.63) is 23.2 Å². The van der Waals surface area contributed by atoms with Crippen LogP contribution in [0.3, 0.4) is 0 Å². The molecule has 1 saturated heterocycles. The van der Waals surface area contributed by atoms with Crippen molar-refractivity contribution >= 4 is 15.9 Å². The quantitative estimate of drug-likeness (QED) is 0.841. The molecule has 2 rings (SSSR count). The van der Waals surface area contributed by atoms with Gasteiger partial charge in [-0.1, -0.05) is 22.5 Å². The second kappa shape index (κ2) is 4.45. The Bertz CT molecular complexity index is 360. The highest BCUT2D eigenvalue weighted by Crippen LogP contribution is 2.31. The summed E-state index contributed by atoms with van der Waals surface area (Å²) in [6.07, 6.45) is 4.14. The summed E-state index contributed by atoms with van der Waals surface area (Å²) >= 11 is 3.41. The van der Waals surface area contributed by atoms with Gasteiger partial charge >= 0.3 is 0 Å². The molecule has 1 aliphatic rings. The highest BCUT2D eigenvalue weighted by Gasteiger charge is 2.29. The maximum atomic E-state index is 4.18. The van der Waals surface area contributed by atoms with Crippen LogP contribution in [0.5, 0.6) is 0 Å². The molecular formula is C10H15BrN4. The maximum absolute atomic E-state index is 4.18. The number of rotatable bonds is 3. The van der Waals surface area contributed by atoms with E-state index in [0.29, 0.717) is 6.04 Å². The van der Waals surface area contributed by atoms with Gasteiger partial charge in [-0.25, -0.2) is 0 Å². The Hall–Kier alpha value is -0.680. The zero-order valence-corrected chi connectivity index (χ0v) is 10.4. The van der Waals surface area contributed by atoms with Crippen molar-refractivity contribution in [2.24, 2.45) is 7.05 Å². The molecule has 0 bridgehead atoms. The van der Waals surface area contributed by atoms with Gasteiger partial charge in [-0.3, -0.25) is 4.90 Å². The van der Waals surface area contributed by atoms with E-state index >= 15 is 0 Å². The first kappa shape index (κ1) is 10.8. The number of aryl methyl sites for hydroxylation is 1. The van der Waals surface area contributed by atoms with Crippen molar-refractivity contribution < 1.29 is 0 Å². The average molecular weight is 271 g/mol. The Labute approximate surface area is 98.1 Å². The molecule has 1 aromatic heterocycles. The molecular weight excluding hydrogens is 256 g/mol. The van der Waals surface area contributed by atoms with Gasteiger partial charge in [-0.05, 0) is 19.4 Å². The zero-order valence-electron chi connectivity index (χ0n) is 8.86. The van der Waals surface area contributed by atoms with Crippen molar-refractivity contribution in [1.82, 2.24) is 19.7 Å². The van der Waals surface area contributed by atoms with E-state index in [-0.39, 0.29) is 0 Å². The Balaban J connectivity index is 2.14. The lowest BCUT2D eigenvalue weighted by atomic mass is 10.2. The van der Waals surface area contributed by atoms with Crippen LogP contribution in [-0.2, 0) is 7.05 Å². The molecule has 1 unspecified atom stereocenters. The van der Waals surface area contributed by atoms with E-state index in [0.717, 1.165) is 29.8 Å². The number of halogens is 1. The Morgan fingerprint density at radius 1 is 1.73 bits per heavy atom. The molecule has 1 aliphatic heterocycles. The molecule has 0 aromatic carbocycles. The predicted molar refractivity (Wildman–Crippen MR) is 62.6 cm³/mol. The van der Waals surface area contributed by atoms with Crippen molar-refractivity contribution in [1.29, 1.82) is 0 Å². The van der Waals surface area contributed by atoms with E-state index in [9.17, 15) is 0 Å². The van der Waals surface area contributed by atoms with E-state index < -0.39 is 0 Å². The standard InChI is InChI=1S/C10H15BrN4/c1-8(11)6-15-5-3-4-9(15)10-13-12-7-14(10)2/h7,9H,1,3-6H2,2H3. The molecule has 0 aliphatic carbocycles. The second-order valence-electron chi connectivity index (χ2n) is 3.95. The molecule has 15 heavy (non-hydrogen) atoms. The number of aromatic nitrogens is 3. The lowest BCUT2D eigenvalue weighted by Gasteiger charge is -2.22. The summed E-state index contributed by atoms with van der Waals surface area (Å²) in [6.45, 7) is 5.89. The monoisotopic (exact) mass is 270 g/mol. The third-order valence-electron chi connectivity index (χ3n) is 2.78. The second-order valence-corrected chi connectivity index (χ2v) is 5.07. The van der Waals surface area contributed by atoms with E-state index in [1.807, 2.05) is 11.6 Å². The van der Waals surface area contributed by atoms with Gasteiger partial charge in [0.05, 0.1) is 6.04 Å². The van der Waals surface area contributed by atoms with Gasteiger partial charge in [0, 0.05) is 18.1 Å². The van der Waals surface area contributed by atoms with Crippen LogP contribution in [0.15, 0.2) is 17.4 Å². The summed E-state index contributed by atoms with van der Waals surface area (Å²) in [6, 6.07) is 0.395. The molecule has 1 atom stereocenters. The highest BCUT2D eigenvalue weighted by atomic mass is 79.9. The van der Waals surface area contributed by atoms with E-state index in [1.54, 1.807) is 6.33 Å². The van der Waals surface area contributed by atoms with Gasteiger partial charge in [0.15, 0.2) is 0 Å². The topological polar surface area (TPSA) is 34.0 Å². The van der Waals surface area contributed by atoms with Crippen LogP contribution in [0.25, 0.3) is 0 Å². The fourth-order valence-corrected chi connectivity index (χ4v) is 2.44. The van der Waals surface area contributed by atoms with E-state index in [2.05, 4.69) is 37.6 Å². The van der Waals surface area contributed by atoms with Gasteiger partial charge < -0.3 is 4.57 Å². The smallest absolute Gasteiger partial charge is 0.149 e. The normalized spacial score (nSPS) is 22.1. The molecule has 0 radical (unpaired) electrons. The van der Waals surface area contributed by atoms with Crippen LogP contribution >= 0.6 is 15.9 Å². The lowest BCUT2D eigenvalue weighted by molar-refractivity contribution is 0.270. The molecule has 4 nitrogen and oxygen atoms in total. The van der Waals surface area contributed by atoms with Crippen molar-refractivity contribution in [2.45, 2.75) is 18.9 Å². The Morgan fingerprint density at radius 3 is 3.13 bits per heavy atom. The highest BCUT2D eigenvalue weighted by molar-refractivity contribution is 9.11. The fourth-order valence-electron chi connectivity index (χ4n) is 2.12. The largest absolute Gasteiger partial charge is 0.319 e. The first-order valence-electron chi connectivity index (χ1n) is 5.09. The molecule has 82 valence electrons. The third kappa shape index (κ3) is 2.29. The molecule has 2 heterocycles. The minimum atomic E-state index is 0.395. The number of nitrogens with zero attached hydrogens (tertiary/aromatic N) is 4. The molecule has 0 saturated carbocycles. The first-order valence-corrected chi connectivity index (χ1v) is 5.89. The van der Waals surface area contributed by atoms with Gasteiger partial charge in [0.25, 0.3) is 0 Å². The molecule has 0 amide bonds. The maximum Gasteiger partial charge on any atom is 0.149 e. The number of hydrogen-bond donors (Lipinski definition) is 0. The van der Waals surface area contributed by atoms with Gasteiger partial charge in [-0.15, -0.1) is 10.2 Å². The van der Waals surface area contributed by atoms with Crippen molar-refractivity contribution in [3.63, 3.8) is 0 Å². The fraction of sp³-hybridized carbons (Fsp3) is 0.600. The number of likely N-dealkylation sites (tertiary alicyclic amines) is 1. The SMILES string of the molecule is C=C(Br)CN1CCCC1c1nncn1C. The van der Waals surface area contributed by atoms with Crippen LogP contribution in [0.4, 0.5) is 0 Å². The summed E-state index contributed by atoms with van der Waals surface area (Å²) in [4.78, 5) is 2.39. The third-order valence-corrected chi connectivity index (χ3v) is 3.03. The predicted octanol–water partition coefficient (Wildman–Crippen LogP) is 1.86. The van der Waals surface area contributed by atoms with Gasteiger partial charge in [0.1, 0.15) is 12.2 Å². The molecule has 1 fully saturated rings. The van der Waals surface area contributed by atoms with Gasteiger partial charge in [-0.2, -0.15) is 0 Å². The van der Waals surface area contributed by atoms with Crippen LogP contribution < -0.4 is 0 Å². The minimum absolute atomic E-state index is 0.395. The summed E-state index contributed by atoms with van der Waals surface area (Å²) < 4.78 is 3.02. The van der Waals surface area contributed by atoms with E-state index in [4.69, 9.17) is 0 Å². The van der Waals surface area contributed by atoms with Gasteiger partial charge in [0.2, 0.25) is 0 Å². The summed E-state index contributed by atoms with van der Waals surface area (Å²) in [7, 11) is 1.99. The van der Waals surface area contributed by atoms with E-state index in [1.165, 1.54) is 6.42 Å². The summed E-state index contributed by atoms with van der Waals surface area (Å²) in [5, 5.41) is 8.11. The lowest BCUT2D eigenvalue weighted by Crippen LogP contribution is -2.26. The van der Waals surface area contributed by atoms with Crippen LogP contribution in [0.1, 0.15) is 24.7 Å². The van der Waals surface area contributed by atoms with Crippen molar-refractivity contribution in [3.8, 4) is 0 Å². The first-order chi connectivity index (χ1) is 7.18. The molecule has 0 N–H and O–H groups in total. The van der Waals surface area contributed by atoms with Crippen LogP contribution in [0, 0.1) is 0 Å². The summed E-state index contributed by atoms with van der Waals surface area (Å²) in [5.74, 6) is 1.06. The Morgan fingerprint density at radius 2 is 2.53 bits per heavy atom. The molecule has 5 heteroatoms. The average Bonchev–Trinajstić information content (AvgIpc) is 2.73.